The largest absolute Gasteiger partial charge is 0.448 e. The van der Waals surface area contributed by atoms with Gasteiger partial charge in [0.15, 0.2) is 11.5 Å². The Morgan fingerprint density at radius 2 is 1.13 bits per heavy atom. The monoisotopic (exact) mass is 304 g/mol. The van der Waals surface area contributed by atoms with E-state index in [0.29, 0.717) is 53.1 Å². The van der Waals surface area contributed by atoms with E-state index in [4.69, 9.17) is 9.47 Å². The van der Waals surface area contributed by atoms with Crippen LogP contribution in [0.5, 0.6) is 11.5 Å². The number of rotatable bonds is 0. The van der Waals surface area contributed by atoms with E-state index in [1.807, 2.05) is 12.1 Å². The van der Waals surface area contributed by atoms with E-state index in [0.717, 1.165) is 35.2 Å². The predicted octanol–water partition coefficient (Wildman–Crippen LogP) is 2.21. The molecule has 8 saturated carbocycles. The SMILES string of the molecule is O=C1C2C3C4C1C1C2C2C3C3C4C1C2C31Oc2ccccc2O1. The van der Waals surface area contributed by atoms with Crippen molar-refractivity contribution in [1.29, 1.82) is 0 Å². The minimum absolute atomic E-state index is 0.356. The molecule has 1 aliphatic heterocycles. The molecule has 1 aromatic rings. The van der Waals surface area contributed by atoms with Gasteiger partial charge in [0, 0.05) is 23.7 Å². The fourth-order valence-corrected chi connectivity index (χ4v) is 10.4. The number of carbonyl (C=O) groups is 1. The van der Waals surface area contributed by atoms with Crippen molar-refractivity contribution in [2.45, 2.75) is 5.79 Å². The number of fused-ring (bicyclic) bond motifs is 1. The third kappa shape index (κ3) is 0.654. The topological polar surface area (TPSA) is 35.5 Å². The quantitative estimate of drug-likeness (QED) is 0.737. The molecule has 3 heteroatoms. The van der Waals surface area contributed by atoms with Crippen molar-refractivity contribution in [2.75, 3.05) is 0 Å². The average Bonchev–Trinajstić information content (AvgIpc) is 3.30. The van der Waals surface area contributed by atoms with Crippen molar-refractivity contribution in [3.05, 3.63) is 24.3 Å². The molecule has 0 radical (unpaired) electrons. The van der Waals surface area contributed by atoms with E-state index in [1.54, 1.807) is 0 Å². The number of carbonyl (C=O) groups excluding carboxylic acids is 1. The van der Waals surface area contributed by atoms with Crippen LogP contribution in [0.25, 0.3) is 0 Å². The van der Waals surface area contributed by atoms with Crippen LogP contribution in [-0.2, 0) is 4.79 Å². The fourth-order valence-electron chi connectivity index (χ4n) is 10.4. The van der Waals surface area contributed by atoms with Gasteiger partial charge in [-0.3, -0.25) is 4.79 Å². The van der Waals surface area contributed by atoms with Crippen LogP contribution >= 0.6 is 0 Å². The normalized spacial score (nSPS) is 66.5. The zero-order chi connectivity index (χ0) is 14.4. The van der Waals surface area contributed by atoms with Gasteiger partial charge in [0.2, 0.25) is 0 Å². The molecule has 8 fully saturated rings. The number of ketones is 1. The lowest BCUT2D eigenvalue weighted by Crippen LogP contribution is -2.46. The zero-order valence-electron chi connectivity index (χ0n) is 12.5. The number of hydrogen-bond donors (Lipinski definition) is 0. The van der Waals surface area contributed by atoms with Crippen molar-refractivity contribution in [3.63, 3.8) is 0 Å². The molecule has 8 atom stereocenters. The van der Waals surface area contributed by atoms with Gasteiger partial charge in [-0.2, -0.15) is 0 Å². The lowest BCUT2D eigenvalue weighted by molar-refractivity contribution is -0.134. The Morgan fingerprint density at radius 3 is 1.57 bits per heavy atom. The van der Waals surface area contributed by atoms with E-state index in [2.05, 4.69) is 12.1 Å². The van der Waals surface area contributed by atoms with Crippen LogP contribution < -0.4 is 9.47 Å². The van der Waals surface area contributed by atoms with Crippen LogP contribution in [0.3, 0.4) is 0 Å². The van der Waals surface area contributed by atoms with E-state index in [1.165, 1.54) is 0 Å². The lowest BCUT2D eigenvalue weighted by atomic mass is 9.80. The summed E-state index contributed by atoms with van der Waals surface area (Å²) in [7, 11) is 0. The van der Waals surface area contributed by atoms with Gasteiger partial charge in [0.25, 0.3) is 5.79 Å². The van der Waals surface area contributed by atoms with Gasteiger partial charge in [-0.25, -0.2) is 0 Å². The summed E-state index contributed by atoms with van der Waals surface area (Å²) in [4.78, 5) is 12.8. The van der Waals surface area contributed by atoms with Crippen molar-refractivity contribution in [3.8, 4) is 11.5 Å². The summed E-state index contributed by atoms with van der Waals surface area (Å²) >= 11 is 0. The van der Waals surface area contributed by atoms with E-state index < -0.39 is 0 Å². The van der Waals surface area contributed by atoms with Crippen LogP contribution in [-0.4, -0.2) is 11.6 Å². The lowest BCUT2D eigenvalue weighted by Gasteiger charge is -2.30. The molecule has 114 valence electrons. The molecule has 9 aliphatic rings. The maximum absolute atomic E-state index is 12.8. The molecule has 0 amide bonds. The van der Waals surface area contributed by atoms with Gasteiger partial charge >= 0.3 is 0 Å². The minimum Gasteiger partial charge on any atom is -0.448 e. The molecule has 23 heavy (non-hydrogen) atoms. The van der Waals surface area contributed by atoms with Crippen LogP contribution in [0.1, 0.15) is 0 Å². The number of Topliss-reactive ketones (excluding diaryl/α,β-unsaturated/α-hetero) is 1. The van der Waals surface area contributed by atoms with E-state index in [-0.39, 0.29) is 5.79 Å². The Balaban J connectivity index is 1.33. The molecule has 0 saturated heterocycles. The Bertz CT molecular complexity index is 774. The highest BCUT2D eigenvalue weighted by Gasteiger charge is 2.97. The van der Waals surface area contributed by atoms with E-state index in [9.17, 15) is 4.79 Å². The van der Waals surface area contributed by atoms with Crippen LogP contribution in [0.2, 0.25) is 0 Å². The number of hydrogen-bond acceptors (Lipinski definition) is 3. The molecule has 10 rings (SSSR count). The van der Waals surface area contributed by atoms with Crippen molar-refractivity contribution >= 4 is 5.78 Å². The third-order valence-electron chi connectivity index (χ3n) is 9.85. The first kappa shape index (κ1) is 10.4. The van der Waals surface area contributed by atoms with Crippen LogP contribution in [0.15, 0.2) is 24.3 Å². The molecule has 0 N–H and O–H groups in total. The summed E-state index contributed by atoms with van der Waals surface area (Å²) in [5, 5.41) is 0. The van der Waals surface area contributed by atoms with Crippen molar-refractivity contribution < 1.29 is 14.3 Å². The highest BCUT2D eigenvalue weighted by Crippen LogP contribution is 2.94. The smallest absolute Gasteiger partial charge is 0.258 e. The third-order valence-corrected chi connectivity index (χ3v) is 9.85. The highest BCUT2D eigenvalue weighted by atomic mass is 16.7. The first-order chi connectivity index (χ1) is 11.3. The van der Waals surface area contributed by atoms with Gasteiger partial charge < -0.3 is 9.47 Å². The van der Waals surface area contributed by atoms with Crippen LogP contribution in [0, 0.1) is 71.0 Å². The van der Waals surface area contributed by atoms with Gasteiger partial charge in [-0.15, -0.1) is 0 Å². The molecule has 8 unspecified atom stereocenters. The van der Waals surface area contributed by atoms with Crippen molar-refractivity contribution in [2.24, 2.45) is 71.0 Å². The molecule has 3 nitrogen and oxygen atoms in total. The van der Waals surface area contributed by atoms with Gasteiger partial charge in [0.05, 0.1) is 0 Å². The first-order valence-electron chi connectivity index (χ1n) is 9.34. The predicted molar refractivity (Wildman–Crippen MR) is 77.3 cm³/mol. The minimum atomic E-state index is -0.356. The summed E-state index contributed by atoms with van der Waals surface area (Å²) in [6.45, 7) is 0. The summed E-state index contributed by atoms with van der Waals surface area (Å²) in [5.41, 5.74) is 0. The average molecular weight is 304 g/mol. The second kappa shape index (κ2) is 2.53. The van der Waals surface area contributed by atoms with Gasteiger partial charge in [-0.1, -0.05) is 12.1 Å². The second-order valence-corrected chi connectivity index (χ2v) is 9.50. The zero-order valence-corrected chi connectivity index (χ0v) is 12.5. The summed E-state index contributed by atoms with van der Waals surface area (Å²) in [6, 6.07) is 8.22. The van der Waals surface area contributed by atoms with Gasteiger partial charge in [0.1, 0.15) is 5.78 Å². The number of benzene rings is 1. The molecular weight excluding hydrogens is 288 g/mol. The van der Waals surface area contributed by atoms with E-state index >= 15 is 0 Å². The number of ether oxygens (including phenoxy) is 2. The summed E-state index contributed by atoms with van der Waals surface area (Å²) in [6.07, 6.45) is 0. The second-order valence-electron chi connectivity index (χ2n) is 9.50. The fraction of sp³-hybridized carbons (Fsp3) is 0.650. The Kier molecular flexibility index (Phi) is 1.14. The summed E-state index contributed by atoms with van der Waals surface area (Å²) in [5.74, 6) is 10.0. The Labute approximate surface area is 133 Å². The molecular formula is C20H16O3. The molecule has 8 aliphatic carbocycles. The molecule has 1 aromatic carbocycles. The standard InChI is InChI=1S/C20H16O3/c21-19-15-7-8-12-14-10(16(8)19)9(15)13-11(7)17(12)20(18(13)14)22-5-3-1-2-4-6(5)23-20/h1-4,7-18H. The maximum Gasteiger partial charge on any atom is 0.258 e. The van der Waals surface area contributed by atoms with Gasteiger partial charge in [-0.05, 0) is 59.5 Å². The molecule has 4 bridgehead atoms. The van der Waals surface area contributed by atoms with Crippen molar-refractivity contribution in [1.82, 2.24) is 0 Å². The maximum atomic E-state index is 12.8. The molecule has 1 heterocycles. The Hall–Kier alpha value is -1.51. The Morgan fingerprint density at radius 1 is 0.696 bits per heavy atom. The first-order valence-corrected chi connectivity index (χ1v) is 9.34. The summed E-state index contributed by atoms with van der Waals surface area (Å²) < 4.78 is 13.2. The van der Waals surface area contributed by atoms with Crippen LogP contribution in [0.4, 0.5) is 0 Å². The number of para-hydroxylation sites is 2. The molecule has 0 aromatic heterocycles. The molecule has 1 spiro atoms. The highest BCUT2D eigenvalue weighted by molar-refractivity contribution is 5.92.